The number of aryl methyl sites for hydroxylation is 1. The lowest BCUT2D eigenvalue weighted by molar-refractivity contribution is -0.133. The smallest absolute Gasteiger partial charge is 0.410 e. The van der Waals surface area contributed by atoms with Gasteiger partial charge in [-0.1, -0.05) is 18.2 Å². The maximum atomic E-state index is 13.2. The second-order valence-corrected chi connectivity index (χ2v) is 12.6. The first-order valence-corrected chi connectivity index (χ1v) is 15.1. The molecule has 0 saturated carbocycles. The second kappa shape index (κ2) is 13.2. The Labute approximate surface area is 257 Å². The molecule has 3 N–H and O–H groups in total. The molecule has 2 atom stereocenters. The van der Waals surface area contributed by atoms with E-state index in [2.05, 4.69) is 15.2 Å². The lowest BCUT2D eigenvalue weighted by Crippen LogP contribution is -2.48. The van der Waals surface area contributed by atoms with Crippen molar-refractivity contribution in [1.82, 2.24) is 25.6 Å². The average Bonchev–Trinajstić information content (AvgIpc) is 3.42. The Morgan fingerprint density at radius 1 is 1.02 bits per heavy atom. The summed E-state index contributed by atoms with van der Waals surface area (Å²) in [4.78, 5) is 46.7. The lowest BCUT2D eigenvalue weighted by atomic mass is 10.0. The molecule has 3 heterocycles. The Kier molecular flexibility index (Phi) is 9.36. The number of hydrogen-bond donors (Lipinski definition) is 3. The van der Waals surface area contributed by atoms with Gasteiger partial charge >= 0.3 is 6.09 Å². The number of carbonyl (C=O) groups is 3. The standard InChI is InChI=1S/C33H41N5O6/c1-21-17-23(26-7-5-6-8-28(26)34-21)20-43-25-11-9-22(10-12-25)30(39)35-29-19-38(18-27(29)31(40)36-42)24-13-15-37(16-14-24)32(41)44-33(2,3)4/h5-12,17,24,27,29,42H,13-16,18-20H2,1-4H3,(H,35,39)(H,36,40). The fraction of sp³-hybridized carbons (Fsp3) is 0.455. The summed E-state index contributed by atoms with van der Waals surface area (Å²) in [6, 6.07) is 16.5. The van der Waals surface area contributed by atoms with E-state index in [9.17, 15) is 19.6 Å². The Hall–Kier alpha value is -4.22. The van der Waals surface area contributed by atoms with Crippen LogP contribution in [0.25, 0.3) is 10.9 Å². The van der Waals surface area contributed by atoms with Gasteiger partial charge in [-0.3, -0.25) is 24.7 Å². The van der Waals surface area contributed by atoms with Gasteiger partial charge in [-0.05, 0) is 76.9 Å². The second-order valence-electron chi connectivity index (χ2n) is 12.6. The van der Waals surface area contributed by atoms with Crippen molar-refractivity contribution in [2.45, 2.75) is 64.8 Å². The number of pyridine rings is 1. The minimum atomic E-state index is -0.617. The van der Waals surface area contributed by atoms with Crippen LogP contribution in [0.15, 0.2) is 54.6 Å². The molecule has 234 valence electrons. The third-order valence-electron chi connectivity index (χ3n) is 8.18. The summed E-state index contributed by atoms with van der Waals surface area (Å²) in [5, 5.41) is 13.4. The van der Waals surface area contributed by atoms with Crippen molar-refractivity contribution in [3.05, 3.63) is 71.4 Å². The van der Waals surface area contributed by atoms with E-state index in [0.29, 0.717) is 44.1 Å². The molecule has 2 saturated heterocycles. The zero-order valence-electron chi connectivity index (χ0n) is 25.7. The van der Waals surface area contributed by atoms with Crippen LogP contribution in [-0.2, 0) is 16.1 Å². The summed E-state index contributed by atoms with van der Waals surface area (Å²) in [6.45, 7) is 9.81. The minimum Gasteiger partial charge on any atom is -0.489 e. The summed E-state index contributed by atoms with van der Waals surface area (Å²) in [7, 11) is 0. The third kappa shape index (κ3) is 7.46. The number of benzene rings is 2. The summed E-state index contributed by atoms with van der Waals surface area (Å²) in [5.41, 5.74) is 4.51. The highest BCUT2D eigenvalue weighted by atomic mass is 16.6. The average molecular weight is 604 g/mol. The molecule has 2 aliphatic rings. The summed E-state index contributed by atoms with van der Waals surface area (Å²) < 4.78 is 11.5. The van der Waals surface area contributed by atoms with Crippen molar-refractivity contribution in [3.8, 4) is 5.75 Å². The van der Waals surface area contributed by atoms with E-state index in [1.807, 2.05) is 58.0 Å². The highest BCUT2D eigenvalue weighted by Gasteiger charge is 2.42. The maximum absolute atomic E-state index is 13.2. The highest BCUT2D eigenvalue weighted by Crippen LogP contribution is 2.27. The Morgan fingerprint density at radius 2 is 1.73 bits per heavy atom. The molecule has 11 heteroatoms. The number of hydrogen-bond acceptors (Lipinski definition) is 8. The van der Waals surface area contributed by atoms with Crippen molar-refractivity contribution in [3.63, 3.8) is 0 Å². The first-order chi connectivity index (χ1) is 21.0. The topological polar surface area (TPSA) is 133 Å². The number of likely N-dealkylation sites (tertiary alicyclic amines) is 2. The Balaban J connectivity index is 1.17. The van der Waals surface area contributed by atoms with Gasteiger partial charge in [0.1, 0.15) is 18.0 Å². The van der Waals surface area contributed by atoms with Crippen LogP contribution in [-0.4, -0.2) is 81.8 Å². The van der Waals surface area contributed by atoms with Gasteiger partial charge in [-0.25, -0.2) is 10.3 Å². The predicted molar refractivity (Wildman–Crippen MR) is 164 cm³/mol. The molecule has 0 spiro atoms. The van der Waals surface area contributed by atoms with Crippen molar-refractivity contribution in [1.29, 1.82) is 0 Å². The van der Waals surface area contributed by atoms with Crippen LogP contribution in [0.3, 0.4) is 0 Å². The molecule has 2 fully saturated rings. The molecule has 0 bridgehead atoms. The monoisotopic (exact) mass is 603 g/mol. The van der Waals surface area contributed by atoms with E-state index in [1.165, 1.54) is 0 Å². The predicted octanol–water partition coefficient (Wildman–Crippen LogP) is 4.06. The molecule has 2 unspecified atom stereocenters. The van der Waals surface area contributed by atoms with Gasteiger partial charge in [-0.2, -0.15) is 0 Å². The minimum absolute atomic E-state index is 0.141. The molecule has 1 aromatic heterocycles. The SMILES string of the molecule is Cc1cc(COc2ccc(C(=O)NC3CN(C4CCN(C(=O)OC(C)(C)C)CC4)CC3C(=O)NO)cc2)c2ccccc2n1. The van der Waals surface area contributed by atoms with E-state index in [4.69, 9.17) is 9.47 Å². The summed E-state index contributed by atoms with van der Waals surface area (Å²) >= 11 is 0. The number of hydroxylamine groups is 1. The van der Waals surface area contributed by atoms with Crippen LogP contribution in [0, 0.1) is 12.8 Å². The Morgan fingerprint density at radius 3 is 2.41 bits per heavy atom. The molecule has 2 aromatic carbocycles. The van der Waals surface area contributed by atoms with Gasteiger partial charge in [0.2, 0.25) is 5.91 Å². The lowest BCUT2D eigenvalue weighted by Gasteiger charge is -2.37. The number of nitrogens with zero attached hydrogens (tertiary/aromatic N) is 3. The van der Waals surface area contributed by atoms with Crippen LogP contribution in [0.4, 0.5) is 4.79 Å². The molecule has 0 radical (unpaired) electrons. The summed E-state index contributed by atoms with van der Waals surface area (Å²) in [6.07, 6.45) is 1.13. The number of fused-ring (bicyclic) bond motifs is 1. The number of ether oxygens (including phenoxy) is 2. The van der Waals surface area contributed by atoms with Crippen molar-refractivity contribution in [2.24, 2.45) is 5.92 Å². The van der Waals surface area contributed by atoms with E-state index < -0.39 is 23.5 Å². The van der Waals surface area contributed by atoms with Gasteiger partial charge in [0.05, 0.1) is 17.5 Å². The molecule has 2 aliphatic heterocycles. The maximum Gasteiger partial charge on any atom is 0.410 e. The van der Waals surface area contributed by atoms with Crippen molar-refractivity contribution in [2.75, 3.05) is 26.2 Å². The number of para-hydroxylation sites is 1. The van der Waals surface area contributed by atoms with Crippen LogP contribution in [0.2, 0.25) is 0 Å². The van der Waals surface area contributed by atoms with Crippen LogP contribution in [0.1, 0.15) is 55.2 Å². The Bertz CT molecular complexity index is 1500. The van der Waals surface area contributed by atoms with Gasteiger partial charge in [0.15, 0.2) is 0 Å². The molecule has 3 amide bonds. The highest BCUT2D eigenvalue weighted by molar-refractivity contribution is 5.95. The van der Waals surface area contributed by atoms with Crippen molar-refractivity contribution < 1.29 is 29.1 Å². The van der Waals surface area contributed by atoms with Crippen molar-refractivity contribution >= 4 is 28.8 Å². The number of amides is 3. The van der Waals surface area contributed by atoms with Gasteiger partial charge in [0, 0.05) is 54.4 Å². The first kappa shape index (κ1) is 31.2. The number of aromatic nitrogens is 1. The van der Waals surface area contributed by atoms with E-state index in [0.717, 1.165) is 35.0 Å². The quantitative estimate of drug-likeness (QED) is 0.272. The fourth-order valence-corrected chi connectivity index (χ4v) is 6.00. The molecule has 11 nitrogen and oxygen atoms in total. The molecule has 0 aliphatic carbocycles. The number of rotatable bonds is 7. The summed E-state index contributed by atoms with van der Waals surface area (Å²) in [5.74, 6) is -0.835. The zero-order chi connectivity index (χ0) is 31.4. The molecular weight excluding hydrogens is 562 g/mol. The molecular formula is C33H41N5O6. The van der Waals surface area contributed by atoms with Gasteiger partial charge < -0.3 is 19.7 Å². The van der Waals surface area contributed by atoms with E-state index in [1.54, 1.807) is 34.6 Å². The largest absolute Gasteiger partial charge is 0.489 e. The normalized spacial score (nSPS) is 19.5. The first-order valence-electron chi connectivity index (χ1n) is 15.1. The van der Waals surface area contributed by atoms with E-state index in [-0.39, 0.29) is 18.0 Å². The molecule has 3 aromatic rings. The molecule has 5 rings (SSSR count). The number of nitrogens with one attached hydrogen (secondary N) is 2. The molecule has 44 heavy (non-hydrogen) atoms. The van der Waals surface area contributed by atoms with Crippen LogP contribution >= 0.6 is 0 Å². The number of carbonyl (C=O) groups excluding carboxylic acids is 3. The van der Waals surface area contributed by atoms with E-state index >= 15 is 0 Å². The zero-order valence-corrected chi connectivity index (χ0v) is 25.7. The third-order valence-corrected chi connectivity index (χ3v) is 8.18. The number of piperidine rings is 1. The van der Waals surface area contributed by atoms with Crippen LogP contribution < -0.4 is 15.5 Å². The fourth-order valence-electron chi connectivity index (χ4n) is 6.00. The van der Waals surface area contributed by atoms with Gasteiger partial charge in [-0.15, -0.1) is 0 Å². The van der Waals surface area contributed by atoms with Gasteiger partial charge in [0.25, 0.3) is 5.91 Å². The van der Waals surface area contributed by atoms with Crippen LogP contribution in [0.5, 0.6) is 5.75 Å².